The number of methoxy groups -OCH3 is 1. The molecule has 3 nitrogen and oxygen atoms in total. The van der Waals surface area contributed by atoms with Gasteiger partial charge in [0.15, 0.2) is 0 Å². The molecule has 1 atom stereocenters. The Bertz CT molecular complexity index is 379. The van der Waals surface area contributed by atoms with Gasteiger partial charge in [0.05, 0.1) is 5.60 Å². The molecule has 0 aliphatic heterocycles. The Balaban J connectivity index is 1.69. The highest BCUT2D eigenvalue weighted by Gasteiger charge is 2.36. The minimum atomic E-state index is 0.104. The van der Waals surface area contributed by atoms with Crippen molar-refractivity contribution in [3.05, 3.63) is 29.8 Å². The fourth-order valence-corrected chi connectivity index (χ4v) is 2.53. The number of ether oxygens (including phenoxy) is 1. The molecule has 0 bridgehead atoms. The van der Waals surface area contributed by atoms with Crippen LogP contribution in [-0.2, 0) is 11.2 Å². The van der Waals surface area contributed by atoms with Gasteiger partial charge in [-0.15, -0.1) is 0 Å². The summed E-state index contributed by atoms with van der Waals surface area (Å²) in [5.74, 6) is 0.335. The lowest BCUT2D eigenvalue weighted by atomic mass is 9.80. The molecule has 1 aromatic rings. The van der Waals surface area contributed by atoms with Crippen LogP contribution >= 0.6 is 0 Å². The molecule has 2 N–H and O–H groups in total. The van der Waals surface area contributed by atoms with E-state index in [2.05, 4.69) is 12.2 Å². The molecular weight excluding hydrogens is 238 g/mol. The first-order valence-electron chi connectivity index (χ1n) is 7.20. The first-order chi connectivity index (χ1) is 9.13. The topological polar surface area (TPSA) is 41.5 Å². The second kappa shape index (κ2) is 6.40. The van der Waals surface area contributed by atoms with Crippen molar-refractivity contribution < 1.29 is 9.84 Å². The predicted octanol–water partition coefficient (Wildman–Crippen LogP) is 2.87. The lowest BCUT2D eigenvalue weighted by Gasteiger charge is -2.41. The number of phenols is 1. The molecule has 3 heteroatoms. The zero-order chi connectivity index (χ0) is 13.7. The normalized spacial score (nSPS) is 18.8. The highest BCUT2D eigenvalue weighted by molar-refractivity contribution is 5.25. The second-order valence-corrected chi connectivity index (χ2v) is 5.73. The van der Waals surface area contributed by atoms with Gasteiger partial charge in [-0.25, -0.2) is 0 Å². The number of nitrogens with one attached hydrogen (secondary N) is 1. The summed E-state index contributed by atoms with van der Waals surface area (Å²) in [5, 5.41) is 12.8. The van der Waals surface area contributed by atoms with Gasteiger partial charge in [-0.2, -0.15) is 0 Å². The molecule has 0 aromatic heterocycles. The molecule has 0 heterocycles. The Morgan fingerprint density at radius 2 is 2.00 bits per heavy atom. The van der Waals surface area contributed by atoms with E-state index in [4.69, 9.17) is 4.74 Å². The summed E-state index contributed by atoms with van der Waals surface area (Å²) in [5.41, 5.74) is 1.38. The number of aromatic hydroxyl groups is 1. The Kier molecular flexibility index (Phi) is 4.83. The molecular formula is C16H25NO2. The fourth-order valence-electron chi connectivity index (χ4n) is 2.53. The summed E-state index contributed by atoms with van der Waals surface area (Å²) in [4.78, 5) is 0. The maximum absolute atomic E-state index is 9.24. The van der Waals surface area contributed by atoms with E-state index >= 15 is 0 Å². The largest absolute Gasteiger partial charge is 0.508 e. The summed E-state index contributed by atoms with van der Waals surface area (Å²) in [6, 6.07) is 7.97. The molecule has 0 spiro atoms. The van der Waals surface area contributed by atoms with Crippen molar-refractivity contribution in [2.45, 2.75) is 50.7 Å². The minimum absolute atomic E-state index is 0.104. The van der Waals surface area contributed by atoms with Gasteiger partial charge in [-0.05, 0) is 56.7 Å². The van der Waals surface area contributed by atoms with E-state index < -0.39 is 0 Å². The average Bonchev–Trinajstić information content (AvgIpc) is 2.37. The molecule has 106 valence electrons. The van der Waals surface area contributed by atoms with Crippen LogP contribution in [0.25, 0.3) is 0 Å². The van der Waals surface area contributed by atoms with Gasteiger partial charge in [0.2, 0.25) is 0 Å². The number of hydrogen-bond donors (Lipinski definition) is 2. The maximum Gasteiger partial charge on any atom is 0.115 e. The Labute approximate surface area is 116 Å². The van der Waals surface area contributed by atoms with Gasteiger partial charge in [-0.1, -0.05) is 12.1 Å². The van der Waals surface area contributed by atoms with Gasteiger partial charge in [0, 0.05) is 19.7 Å². The third-order valence-corrected chi connectivity index (χ3v) is 4.27. The highest BCUT2D eigenvalue weighted by Crippen LogP contribution is 2.34. The molecule has 1 saturated carbocycles. The van der Waals surface area contributed by atoms with Crippen LogP contribution in [0.2, 0.25) is 0 Å². The Morgan fingerprint density at radius 1 is 1.32 bits per heavy atom. The molecule has 19 heavy (non-hydrogen) atoms. The standard InChI is InChI=1S/C16H25NO2/c1-13(17-12-16(19-2)10-3-11-16)4-5-14-6-8-15(18)9-7-14/h6-9,13,17-18H,3-5,10-12H2,1-2H3. The molecule has 1 fully saturated rings. The summed E-state index contributed by atoms with van der Waals surface area (Å²) in [6.07, 6.45) is 5.79. The monoisotopic (exact) mass is 263 g/mol. The van der Waals surface area contributed by atoms with Gasteiger partial charge in [0.1, 0.15) is 5.75 Å². The number of hydrogen-bond acceptors (Lipinski definition) is 3. The molecule has 1 aliphatic rings. The van der Waals surface area contributed by atoms with Crippen LogP contribution in [0.3, 0.4) is 0 Å². The Hall–Kier alpha value is -1.06. The zero-order valence-corrected chi connectivity index (χ0v) is 12.0. The summed E-state index contributed by atoms with van der Waals surface area (Å²) in [7, 11) is 1.82. The summed E-state index contributed by atoms with van der Waals surface area (Å²) < 4.78 is 5.61. The summed E-state index contributed by atoms with van der Waals surface area (Å²) in [6.45, 7) is 3.18. The van der Waals surface area contributed by atoms with Gasteiger partial charge in [-0.3, -0.25) is 0 Å². The van der Waals surface area contributed by atoms with Crippen LogP contribution in [-0.4, -0.2) is 30.4 Å². The van der Waals surface area contributed by atoms with Crippen LogP contribution < -0.4 is 5.32 Å². The third kappa shape index (κ3) is 3.95. The number of benzene rings is 1. The van der Waals surface area contributed by atoms with E-state index in [9.17, 15) is 5.11 Å². The van der Waals surface area contributed by atoms with Gasteiger partial charge < -0.3 is 15.2 Å². The second-order valence-electron chi connectivity index (χ2n) is 5.73. The minimum Gasteiger partial charge on any atom is -0.508 e. The molecule has 1 unspecified atom stereocenters. The van der Waals surface area contributed by atoms with Crippen molar-refractivity contribution in [3.8, 4) is 5.75 Å². The molecule has 0 saturated heterocycles. The van der Waals surface area contributed by atoms with Crippen molar-refractivity contribution in [1.82, 2.24) is 5.32 Å². The highest BCUT2D eigenvalue weighted by atomic mass is 16.5. The van der Waals surface area contributed by atoms with E-state index in [1.807, 2.05) is 19.2 Å². The molecule has 0 amide bonds. The molecule has 0 radical (unpaired) electrons. The van der Waals surface area contributed by atoms with Crippen molar-refractivity contribution in [2.75, 3.05) is 13.7 Å². The van der Waals surface area contributed by atoms with Gasteiger partial charge >= 0.3 is 0 Å². The SMILES string of the molecule is COC1(CNC(C)CCc2ccc(O)cc2)CCC1. The third-order valence-electron chi connectivity index (χ3n) is 4.27. The van der Waals surface area contributed by atoms with Crippen LogP contribution in [0, 0.1) is 0 Å². The molecule has 1 aliphatic carbocycles. The lowest BCUT2D eigenvalue weighted by Crippen LogP contribution is -2.49. The smallest absolute Gasteiger partial charge is 0.115 e. The van der Waals surface area contributed by atoms with E-state index in [0.717, 1.165) is 19.4 Å². The Morgan fingerprint density at radius 3 is 2.53 bits per heavy atom. The van der Waals surface area contributed by atoms with E-state index in [1.54, 1.807) is 12.1 Å². The maximum atomic E-state index is 9.24. The first kappa shape index (κ1) is 14.4. The van der Waals surface area contributed by atoms with E-state index in [-0.39, 0.29) is 5.60 Å². The fraction of sp³-hybridized carbons (Fsp3) is 0.625. The number of rotatable bonds is 7. The van der Waals surface area contributed by atoms with Crippen molar-refractivity contribution in [2.24, 2.45) is 0 Å². The van der Waals surface area contributed by atoms with Crippen LogP contribution in [0.5, 0.6) is 5.75 Å². The quantitative estimate of drug-likeness (QED) is 0.795. The predicted molar refractivity (Wildman–Crippen MR) is 77.5 cm³/mol. The number of phenolic OH excluding ortho intramolecular Hbond substituents is 1. The first-order valence-corrected chi connectivity index (χ1v) is 7.20. The van der Waals surface area contributed by atoms with Crippen molar-refractivity contribution >= 4 is 0 Å². The molecule has 2 rings (SSSR count). The lowest BCUT2D eigenvalue weighted by molar-refractivity contribution is -0.0706. The van der Waals surface area contributed by atoms with Crippen molar-refractivity contribution in [3.63, 3.8) is 0 Å². The van der Waals surface area contributed by atoms with E-state index in [0.29, 0.717) is 11.8 Å². The molecule has 1 aromatic carbocycles. The van der Waals surface area contributed by atoms with E-state index in [1.165, 1.54) is 24.8 Å². The zero-order valence-electron chi connectivity index (χ0n) is 12.0. The number of aryl methyl sites for hydroxylation is 1. The van der Waals surface area contributed by atoms with Crippen LogP contribution in [0.15, 0.2) is 24.3 Å². The van der Waals surface area contributed by atoms with Crippen LogP contribution in [0.4, 0.5) is 0 Å². The van der Waals surface area contributed by atoms with Crippen LogP contribution in [0.1, 0.15) is 38.2 Å². The summed E-state index contributed by atoms with van der Waals surface area (Å²) >= 11 is 0. The average molecular weight is 263 g/mol. The van der Waals surface area contributed by atoms with Gasteiger partial charge in [0.25, 0.3) is 0 Å². The van der Waals surface area contributed by atoms with Crippen molar-refractivity contribution in [1.29, 1.82) is 0 Å².